The van der Waals surface area contributed by atoms with Crippen molar-refractivity contribution in [1.29, 1.82) is 0 Å². The lowest BCUT2D eigenvalue weighted by molar-refractivity contribution is 0.0517. The Balaban J connectivity index is 2.55. The SMILES string of the molecule is CCOC(=O)c1cc2cc(C)ccc2n1N. The van der Waals surface area contributed by atoms with Crippen LogP contribution >= 0.6 is 0 Å². The molecule has 0 fully saturated rings. The fourth-order valence-electron chi connectivity index (χ4n) is 1.72. The molecule has 0 aliphatic heterocycles. The number of hydrogen-bond acceptors (Lipinski definition) is 3. The summed E-state index contributed by atoms with van der Waals surface area (Å²) in [5, 5.41) is 0.950. The van der Waals surface area contributed by atoms with E-state index in [1.54, 1.807) is 13.0 Å². The van der Waals surface area contributed by atoms with Gasteiger partial charge in [-0.05, 0) is 32.0 Å². The number of fused-ring (bicyclic) bond motifs is 1. The molecule has 4 heteroatoms. The molecule has 0 aliphatic carbocycles. The molecule has 0 aliphatic rings. The fourth-order valence-corrected chi connectivity index (χ4v) is 1.72. The van der Waals surface area contributed by atoms with Gasteiger partial charge in [0, 0.05) is 5.39 Å². The highest BCUT2D eigenvalue weighted by molar-refractivity contribution is 5.95. The molecule has 0 atom stereocenters. The zero-order valence-electron chi connectivity index (χ0n) is 9.36. The maximum atomic E-state index is 11.6. The van der Waals surface area contributed by atoms with Crippen LogP contribution < -0.4 is 5.84 Å². The van der Waals surface area contributed by atoms with Gasteiger partial charge in [-0.25, -0.2) is 4.79 Å². The minimum absolute atomic E-state index is 0.347. The number of rotatable bonds is 2. The third-order valence-electron chi connectivity index (χ3n) is 2.48. The predicted octanol–water partition coefficient (Wildman–Crippen LogP) is 1.84. The topological polar surface area (TPSA) is 57.2 Å². The zero-order valence-corrected chi connectivity index (χ0v) is 9.36. The largest absolute Gasteiger partial charge is 0.461 e. The number of nitrogens with two attached hydrogens (primary N) is 1. The minimum atomic E-state index is -0.390. The van der Waals surface area contributed by atoms with Crippen LogP contribution in [-0.4, -0.2) is 17.3 Å². The molecule has 2 N–H and O–H groups in total. The van der Waals surface area contributed by atoms with Gasteiger partial charge in [-0.2, -0.15) is 0 Å². The average Bonchev–Trinajstić information content (AvgIpc) is 2.56. The van der Waals surface area contributed by atoms with Gasteiger partial charge in [-0.3, -0.25) is 4.68 Å². The molecule has 4 nitrogen and oxygen atoms in total. The van der Waals surface area contributed by atoms with Gasteiger partial charge < -0.3 is 10.6 Å². The van der Waals surface area contributed by atoms with E-state index in [1.165, 1.54) is 4.68 Å². The normalized spacial score (nSPS) is 10.6. The van der Waals surface area contributed by atoms with E-state index < -0.39 is 0 Å². The second kappa shape index (κ2) is 3.89. The number of nitrogen functional groups attached to an aromatic ring is 1. The van der Waals surface area contributed by atoms with Crippen LogP contribution in [0.3, 0.4) is 0 Å². The molecule has 0 saturated heterocycles. The molecule has 2 rings (SSSR count). The summed E-state index contributed by atoms with van der Waals surface area (Å²) in [4.78, 5) is 11.6. The summed E-state index contributed by atoms with van der Waals surface area (Å²) in [5.74, 6) is 5.45. The maximum absolute atomic E-state index is 11.6. The van der Waals surface area contributed by atoms with Crippen LogP contribution in [0.25, 0.3) is 10.9 Å². The highest BCUT2D eigenvalue weighted by Gasteiger charge is 2.14. The van der Waals surface area contributed by atoms with E-state index in [1.807, 2.05) is 25.1 Å². The number of benzene rings is 1. The van der Waals surface area contributed by atoms with Gasteiger partial charge in [-0.1, -0.05) is 11.6 Å². The third-order valence-corrected chi connectivity index (χ3v) is 2.48. The van der Waals surface area contributed by atoms with Gasteiger partial charge >= 0.3 is 5.97 Å². The van der Waals surface area contributed by atoms with Crippen molar-refractivity contribution in [1.82, 2.24) is 4.68 Å². The predicted molar refractivity (Wildman–Crippen MR) is 62.8 cm³/mol. The van der Waals surface area contributed by atoms with Crippen molar-refractivity contribution in [3.05, 3.63) is 35.5 Å². The molecule has 1 aromatic carbocycles. The Morgan fingerprint density at radius 1 is 1.44 bits per heavy atom. The molecule has 16 heavy (non-hydrogen) atoms. The van der Waals surface area contributed by atoms with Crippen LogP contribution in [0.5, 0.6) is 0 Å². The van der Waals surface area contributed by atoms with Gasteiger partial charge in [0.2, 0.25) is 0 Å². The van der Waals surface area contributed by atoms with Crippen LogP contribution in [0.15, 0.2) is 24.3 Å². The molecule has 0 saturated carbocycles. The number of carbonyl (C=O) groups excluding carboxylic acids is 1. The van der Waals surface area contributed by atoms with Crippen LogP contribution in [0.1, 0.15) is 23.0 Å². The van der Waals surface area contributed by atoms with Gasteiger partial charge in [0.15, 0.2) is 0 Å². The zero-order chi connectivity index (χ0) is 11.7. The van der Waals surface area contributed by atoms with Crippen molar-refractivity contribution in [2.24, 2.45) is 0 Å². The van der Waals surface area contributed by atoms with Crippen LogP contribution in [-0.2, 0) is 4.74 Å². The van der Waals surface area contributed by atoms with Crippen LogP contribution in [0.2, 0.25) is 0 Å². The summed E-state index contributed by atoms with van der Waals surface area (Å²) in [6.45, 7) is 4.11. The van der Waals surface area contributed by atoms with Crippen molar-refractivity contribution < 1.29 is 9.53 Å². The van der Waals surface area contributed by atoms with Crippen molar-refractivity contribution in [3.8, 4) is 0 Å². The molecular formula is C12H14N2O2. The Hall–Kier alpha value is -1.97. The molecule has 0 amide bonds. The standard InChI is InChI=1S/C12H14N2O2/c1-3-16-12(15)11-7-9-6-8(2)4-5-10(9)14(11)13/h4-7H,3,13H2,1-2H3. The van der Waals surface area contributed by atoms with E-state index in [0.29, 0.717) is 12.3 Å². The molecule has 2 aromatic rings. The van der Waals surface area contributed by atoms with Gasteiger partial charge in [0.1, 0.15) is 5.69 Å². The first-order valence-corrected chi connectivity index (χ1v) is 5.17. The Bertz CT molecular complexity index is 543. The number of aryl methyl sites for hydroxylation is 1. The number of aromatic nitrogens is 1. The Labute approximate surface area is 93.6 Å². The van der Waals surface area contributed by atoms with E-state index in [0.717, 1.165) is 16.5 Å². The molecule has 0 spiro atoms. The first-order valence-electron chi connectivity index (χ1n) is 5.17. The quantitative estimate of drug-likeness (QED) is 0.618. The lowest BCUT2D eigenvalue weighted by Gasteiger charge is -2.03. The Morgan fingerprint density at radius 3 is 2.88 bits per heavy atom. The molecular weight excluding hydrogens is 204 g/mol. The van der Waals surface area contributed by atoms with Crippen molar-refractivity contribution >= 4 is 16.9 Å². The first kappa shape index (κ1) is 10.5. The molecule has 1 aromatic heterocycles. The van der Waals surface area contributed by atoms with Crippen molar-refractivity contribution in [3.63, 3.8) is 0 Å². The van der Waals surface area contributed by atoms with Gasteiger partial charge in [-0.15, -0.1) is 0 Å². The number of hydrogen-bond donors (Lipinski definition) is 1. The summed E-state index contributed by atoms with van der Waals surface area (Å²) in [7, 11) is 0. The van der Waals surface area contributed by atoms with Crippen molar-refractivity contribution in [2.45, 2.75) is 13.8 Å². The fraction of sp³-hybridized carbons (Fsp3) is 0.250. The highest BCUT2D eigenvalue weighted by atomic mass is 16.5. The van der Waals surface area contributed by atoms with E-state index in [2.05, 4.69) is 0 Å². The lowest BCUT2D eigenvalue weighted by Crippen LogP contribution is -2.17. The van der Waals surface area contributed by atoms with Gasteiger partial charge in [0.25, 0.3) is 0 Å². The monoisotopic (exact) mass is 218 g/mol. The van der Waals surface area contributed by atoms with E-state index in [4.69, 9.17) is 10.6 Å². The average molecular weight is 218 g/mol. The summed E-state index contributed by atoms with van der Waals surface area (Å²) in [6, 6.07) is 7.59. The molecule has 84 valence electrons. The number of nitrogens with zero attached hydrogens (tertiary/aromatic N) is 1. The number of carbonyl (C=O) groups is 1. The molecule has 0 radical (unpaired) electrons. The Morgan fingerprint density at radius 2 is 2.19 bits per heavy atom. The van der Waals surface area contributed by atoms with Crippen LogP contribution in [0.4, 0.5) is 0 Å². The number of esters is 1. The van der Waals surface area contributed by atoms with E-state index >= 15 is 0 Å². The molecule has 0 bridgehead atoms. The van der Waals surface area contributed by atoms with Crippen LogP contribution in [0, 0.1) is 6.92 Å². The minimum Gasteiger partial charge on any atom is -0.461 e. The van der Waals surface area contributed by atoms with E-state index in [-0.39, 0.29) is 5.97 Å². The summed E-state index contributed by atoms with van der Waals surface area (Å²) in [5.41, 5.74) is 2.34. The highest BCUT2D eigenvalue weighted by Crippen LogP contribution is 2.19. The maximum Gasteiger partial charge on any atom is 0.356 e. The molecule has 1 heterocycles. The third kappa shape index (κ3) is 1.62. The summed E-state index contributed by atoms with van der Waals surface area (Å²) in [6.07, 6.45) is 0. The second-order valence-corrected chi connectivity index (χ2v) is 3.68. The summed E-state index contributed by atoms with van der Waals surface area (Å²) < 4.78 is 6.30. The first-order chi connectivity index (χ1) is 7.63. The summed E-state index contributed by atoms with van der Waals surface area (Å²) >= 11 is 0. The second-order valence-electron chi connectivity index (χ2n) is 3.68. The molecule has 0 unspecified atom stereocenters. The van der Waals surface area contributed by atoms with Gasteiger partial charge in [0.05, 0.1) is 12.1 Å². The van der Waals surface area contributed by atoms with E-state index in [9.17, 15) is 4.79 Å². The smallest absolute Gasteiger partial charge is 0.356 e. The van der Waals surface area contributed by atoms with Crippen molar-refractivity contribution in [2.75, 3.05) is 12.4 Å². The Kier molecular flexibility index (Phi) is 2.56. The lowest BCUT2D eigenvalue weighted by atomic mass is 10.2. The number of ether oxygens (including phenoxy) is 1.